The number of carbonyl (C=O) groups is 8. The van der Waals surface area contributed by atoms with Gasteiger partial charge in [0.25, 0.3) is 0 Å². The molecule has 1 aliphatic carbocycles. The quantitative estimate of drug-likeness (QED) is 0.0249. The molecular formula is C58H74N2O15. The van der Waals surface area contributed by atoms with Crippen LogP contribution in [0, 0.1) is 11.8 Å². The third kappa shape index (κ3) is 19.5. The van der Waals surface area contributed by atoms with Crippen molar-refractivity contribution in [3.8, 4) is 0 Å². The molecule has 5 rings (SSSR count). The van der Waals surface area contributed by atoms with Crippen molar-refractivity contribution in [2.45, 2.75) is 129 Å². The van der Waals surface area contributed by atoms with Gasteiger partial charge in [-0.2, -0.15) is 0 Å². The van der Waals surface area contributed by atoms with Crippen molar-refractivity contribution in [2.75, 3.05) is 26.2 Å². The number of carboxylic acid groups (broad SMARTS) is 7. The van der Waals surface area contributed by atoms with Gasteiger partial charge in [-0.15, -0.1) is 0 Å². The standard InChI is InChI=1S/C26H32N2O8.C22H32O3.C10H10O4/c1-3-13-27(21(25(33)34)17-5-9-19(10-6-17)23(29)30)15-16-28(14-4-2)22(26(35)36)18-7-11-20(12-8-18)24(31)32;1-3-4-5-7-16(2)10-15-20(21(23)18-8-6-9-18)17-11-13-19(14-12-17)22(24)25;1-6(9(11)12)7-2-4-8(5-3-7)10(13)14/h5-12,21-22H,3-4,13-16H2,1-2H3,(H,29,30)(H,31,32)(H,33,34)(H,35,36);11-14,16,18,20H,3-10,15H2,1-2H3,(H,24,25);2-6H,1H3,(H,11,12)(H,13,14)/t21-,22-;16?,20-;6-/m000/s1. The second-order valence-corrected chi connectivity index (χ2v) is 19.1. The summed E-state index contributed by atoms with van der Waals surface area (Å²) in [7, 11) is 0. The van der Waals surface area contributed by atoms with Gasteiger partial charge in [0.2, 0.25) is 0 Å². The van der Waals surface area contributed by atoms with E-state index in [2.05, 4.69) is 13.8 Å². The molecule has 1 fully saturated rings. The van der Waals surface area contributed by atoms with Crippen LogP contribution >= 0.6 is 0 Å². The normalized spacial score (nSPS) is 14.1. The van der Waals surface area contributed by atoms with Crippen LogP contribution in [0.4, 0.5) is 0 Å². The van der Waals surface area contributed by atoms with E-state index in [1.165, 1.54) is 98.5 Å². The summed E-state index contributed by atoms with van der Waals surface area (Å²) in [4.78, 5) is 95.4. The summed E-state index contributed by atoms with van der Waals surface area (Å²) in [6.45, 7) is 11.3. The van der Waals surface area contributed by atoms with Crippen LogP contribution in [0.3, 0.4) is 0 Å². The highest BCUT2D eigenvalue weighted by Crippen LogP contribution is 2.36. The maximum atomic E-state index is 12.9. The van der Waals surface area contributed by atoms with E-state index in [1.807, 2.05) is 26.0 Å². The number of Topliss-reactive ketones (excluding diaryl/α,β-unsaturated/α-hetero) is 1. The van der Waals surface area contributed by atoms with Gasteiger partial charge in [0.1, 0.15) is 17.9 Å². The highest BCUT2D eigenvalue weighted by Gasteiger charge is 2.33. The molecule has 0 radical (unpaired) electrons. The van der Waals surface area contributed by atoms with Crippen LogP contribution < -0.4 is 0 Å². The highest BCUT2D eigenvalue weighted by molar-refractivity contribution is 5.91. The van der Waals surface area contributed by atoms with Crippen molar-refractivity contribution in [3.63, 3.8) is 0 Å². The van der Waals surface area contributed by atoms with Crippen LogP contribution in [-0.4, -0.2) is 119 Å². The molecule has 0 aromatic heterocycles. The Balaban J connectivity index is 0.000000327. The van der Waals surface area contributed by atoms with Crippen LogP contribution in [-0.2, 0) is 19.2 Å². The van der Waals surface area contributed by atoms with Crippen LogP contribution in [0.2, 0.25) is 0 Å². The number of ketones is 1. The molecule has 4 aromatic rings. The number of unbranched alkanes of at least 4 members (excludes halogenated alkanes) is 2. The number of aromatic carboxylic acids is 4. The monoisotopic (exact) mass is 1040 g/mol. The van der Waals surface area contributed by atoms with Gasteiger partial charge in [0.15, 0.2) is 0 Å². The number of carboxylic acids is 7. The number of nitrogens with zero attached hydrogens (tertiary/aromatic N) is 2. The predicted octanol–water partition coefficient (Wildman–Crippen LogP) is 10.9. The lowest BCUT2D eigenvalue weighted by Gasteiger charge is -2.34. The molecule has 0 aliphatic heterocycles. The molecule has 5 atom stereocenters. The smallest absolute Gasteiger partial charge is 0.335 e. The summed E-state index contributed by atoms with van der Waals surface area (Å²) in [5.41, 5.74) is 3.00. The van der Waals surface area contributed by atoms with E-state index in [0.717, 1.165) is 37.7 Å². The molecule has 0 bridgehead atoms. The lowest BCUT2D eigenvalue weighted by molar-refractivity contribution is -0.146. The molecule has 1 aliphatic rings. The molecule has 7 N–H and O–H groups in total. The summed E-state index contributed by atoms with van der Waals surface area (Å²) >= 11 is 0. The fourth-order valence-corrected chi connectivity index (χ4v) is 8.91. The Morgan fingerprint density at radius 1 is 0.440 bits per heavy atom. The third-order valence-electron chi connectivity index (χ3n) is 13.5. The van der Waals surface area contributed by atoms with Gasteiger partial charge in [0, 0.05) is 24.9 Å². The lowest BCUT2D eigenvalue weighted by atomic mass is 9.74. The van der Waals surface area contributed by atoms with Crippen molar-refractivity contribution >= 4 is 47.6 Å². The molecule has 4 aromatic carbocycles. The summed E-state index contributed by atoms with van der Waals surface area (Å²) < 4.78 is 0. The van der Waals surface area contributed by atoms with Crippen molar-refractivity contribution in [3.05, 3.63) is 142 Å². The minimum absolute atomic E-state index is 0.0530. The van der Waals surface area contributed by atoms with Gasteiger partial charge in [0.05, 0.1) is 28.2 Å². The topological polar surface area (TPSA) is 285 Å². The number of aliphatic carboxylic acids is 3. The van der Waals surface area contributed by atoms with Crippen molar-refractivity contribution in [1.82, 2.24) is 9.80 Å². The Labute approximate surface area is 438 Å². The molecule has 17 heteroatoms. The van der Waals surface area contributed by atoms with E-state index in [9.17, 15) is 48.6 Å². The zero-order valence-electron chi connectivity index (χ0n) is 43.6. The Morgan fingerprint density at radius 2 is 0.800 bits per heavy atom. The van der Waals surface area contributed by atoms with Gasteiger partial charge in [-0.05, 0) is 135 Å². The first-order valence-electron chi connectivity index (χ1n) is 25.7. The van der Waals surface area contributed by atoms with E-state index in [-0.39, 0.29) is 47.2 Å². The number of carbonyl (C=O) groups excluding carboxylic acids is 1. The van der Waals surface area contributed by atoms with Crippen molar-refractivity contribution in [2.24, 2.45) is 11.8 Å². The molecule has 0 amide bonds. The molecule has 0 spiro atoms. The van der Waals surface area contributed by atoms with Gasteiger partial charge in [-0.3, -0.25) is 29.0 Å². The van der Waals surface area contributed by atoms with Crippen molar-refractivity contribution in [1.29, 1.82) is 0 Å². The average molecular weight is 1040 g/mol. The van der Waals surface area contributed by atoms with E-state index < -0.39 is 59.8 Å². The highest BCUT2D eigenvalue weighted by atomic mass is 16.4. The number of hydrogen-bond donors (Lipinski definition) is 7. The predicted molar refractivity (Wildman–Crippen MR) is 282 cm³/mol. The molecule has 0 saturated heterocycles. The number of rotatable bonds is 29. The second-order valence-electron chi connectivity index (χ2n) is 19.1. The summed E-state index contributed by atoms with van der Waals surface area (Å²) in [6.07, 6.45) is 11.5. The van der Waals surface area contributed by atoms with Gasteiger partial charge >= 0.3 is 41.8 Å². The van der Waals surface area contributed by atoms with Crippen LogP contribution in [0.15, 0.2) is 97.1 Å². The van der Waals surface area contributed by atoms with Gasteiger partial charge in [-0.25, -0.2) is 19.2 Å². The summed E-state index contributed by atoms with van der Waals surface area (Å²) in [5.74, 6) is -6.70. The number of hydrogen-bond acceptors (Lipinski definition) is 10. The zero-order chi connectivity index (χ0) is 55.8. The van der Waals surface area contributed by atoms with Crippen LogP contribution in [0.5, 0.6) is 0 Å². The first-order chi connectivity index (χ1) is 35.6. The minimum Gasteiger partial charge on any atom is -0.481 e. The molecule has 406 valence electrons. The molecule has 1 unspecified atom stereocenters. The van der Waals surface area contributed by atoms with Crippen LogP contribution in [0.25, 0.3) is 0 Å². The molecule has 17 nitrogen and oxygen atoms in total. The minimum atomic E-state index is -1.11. The SMILES string of the molecule is CCCCCC(C)CC[C@H](C(=O)C1CCC1)c1ccc(C(=O)O)cc1.CCCN(CCN(CCC)[C@H](C(=O)O)c1ccc(C(=O)O)cc1)[C@H](C(=O)O)c1ccc(C(=O)O)cc1.C[C@H](C(=O)O)c1ccc(C(=O)O)cc1. The number of benzene rings is 4. The summed E-state index contributed by atoms with van der Waals surface area (Å²) in [6, 6.07) is 22.1. The lowest BCUT2D eigenvalue weighted by Crippen LogP contribution is -2.43. The first-order valence-corrected chi connectivity index (χ1v) is 25.7. The Kier molecular flexibility index (Phi) is 26.0. The van der Waals surface area contributed by atoms with Crippen molar-refractivity contribution < 1.29 is 74.1 Å². The Morgan fingerprint density at radius 3 is 1.09 bits per heavy atom. The zero-order valence-corrected chi connectivity index (χ0v) is 43.6. The molecular weight excluding hydrogens is 965 g/mol. The largest absolute Gasteiger partial charge is 0.481 e. The molecule has 0 heterocycles. The van der Waals surface area contributed by atoms with E-state index >= 15 is 0 Å². The maximum Gasteiger partial charge on any atom is 0.335 e. The fraction of sp³-hybridized carbons (Fsp3) is 0.448. The second kappa shape index (κ2) is 31.5. The molecule has 75 heavy (non-hydrogen) atoms. The maximum absolute atomic E-state index is 12.9. The average Bonchev–Trinajstić information content (AvgIpc) is 3.35. The van der Waals surface area contributed by atoms with E-state index in [1.54, 1.807) is 28.9 Å². The summed E-state index contributed by atoms with van der Waals surface area (Å²) in [5, 5.41) is 64.7. The van der Waals surface area contributed by atoms with E-state index in [0.29, 0.717) is 54.3 Å². The Bertz CT molecular complexity index is 2400. The first kappa shape index (κ1) is 62.1. The van der Waals surface area contributed by atoms with Gasteiger partial charge in [-0.1, -0.05) is 108 Å². The Hall–Kier alpha value is -7.24. The fourth-order valence-electron chi connectivity index (χ4n) is 8.91. The van der Waals surface area contributed by atoms with Crippen LogP contribution in [0.1, 0.15) is 193 Å². The van der Waals surface area contributed by atoms with Gasteiger partial charge < -0.3 is 35.7 Å². The molecule has 1 saturated carbocycles. The third-order valence-corrected chi connectivity index (χ3v) is 13.5. The van der Waals surface area contributed by atoms with E-state index in [4.69, 9.17) is 25.5 Å².